The van der Waals surface area contributed by atoms with E-state index in [-0.39, 0.29) is 0 Å². The highest BCUT2D eigenvalue weighted by Crippen LogP contribution is 2.32. The number of nitrogens with two attached hydrogens (primary N) is 1. The van der Waals surface area contributed by atoms with E-state index >= 15 is 0 Å². The van der Waals surface area contributed by atoms with Crippen molar-refractivity contribution in [1.82, 2.24) is 0 Å². The average Bonchev–Trinajstić information content (AvgIpc) is 2.25. The van der Waals surface area contributed by atoms with Crippen LogP contribution in [0.2, 0.25) is 0 Å². The number of methoxy groups -OCH3 is 1. The first kappa shape index (κ1) is 13.0. The van der Waals surface area contributed by atoms with E-state index in [9.17, 15) is 9.59 Å². The second-order valence-corrected chi connectivity index (χ2v) is 3.86. The van der Waals surface area contributed by atoms with Gasteiger partial charge >= 0.3 is 11.8 Å². The predicted octanol–water partition coefficient (Wildman–Crippen LogP) is 0.760. The lowest BCUT2D eigenvalue weighted by Crippen LogP contribution is -2.38. The summed E-state index contributed by atoms with van der Waals surface area (Å²) in [5.41, 5.74) is 7.40. The van der Waals surface area contributed by atoms with Crippen LogP contribution in [0.15, 0.2) is 12.1 Å². The number of rotatable bonds is 2. The lowest BCUT2D eigenvalue weighted by molar-refractivity contribution is -0.135. The third-order valence-electron chi connectivity index (χ3n) is 2.48. The fourth-order valence-electron chi connectivity index (χ4n) is 1.77. The van der Waals surface area contributed by atoms with Crippen molar-refractivity contribution in [3.05, 3.63) is 23.3 Å². The van der Waals surface area contributed by atoms with E-state index in [0.29, 0.717) is 11.4 Å². The molecule has 1 rings (SSSR count). The van der Waals surface area contributed by atoms with Crippen molar-refractivity contribution in [2.75, 3.05) is 19.1 Å². The molecular formula is C12H16N2O3. The van der Waals surface area contributed by atoms with Crippen LogP contribution in [0, 0.1) is 13.8 Å². The molecule has 1 aromatic carbocycles. The lowest BCUT2D eigenvalue weighted by Gasteiger charge is -2.21. The molecule has 1 aromatic rings. The number of aryl methyl sites for hydroxylation is 2. The number of likely N-dealkylation sites (N-methyl/N-ethyl adjacent to an activating group) is 1. The summed E-state index contributed by atoms with van der Waals surface area (Å²) in [4.78, 5) is 23.6. The van der Waals surface area contributed by atoms with E-state index in [2.05, 4.69) is 0 Å². The van der Waals surface area contributed by atoms with Crippen LogP contribution in [0.5, 0.6) is 5.75 Å². The summed E-state index contributed by atoms with van der Waals surface area (Å²) in [5, 5.41) is 0. The quantitative estimate of drug-likeness (QED) is 0.770. The van der Waals surface area contributed by atoms with Crippen molar-refractivity contribution in [3.63, 3.8) is 0 Å². The Morgan fingerprint density at radius 1 is 1.29 bits per heavy atom. The highest BCUT2D eigenvalue weighted by molar-refractivity contribution is 6.39. The van der Waals surface area contributed by atoms with Crippen molar-refractivity contribution < 1.29 is 14.3 Å². The van der Waals surface area contributed by atoms with Crippen LogP contribution in [-0.4, -0.2) is 26.0 Å². The fourth-order valence-corrected chi connectivity index (χ4v) is 1.77. The molecular weight excluding hydrogens is 220 g/mol. The second kappa shape index (κ2) is 4.86. The monoisotopic (exact) mass is 236 g/mol. The first-order valence-electron chi connectivity index (χ1n) is 5.11. The number of hydrogen-bond donors (Lipinski definition) is 1. The van der Waals surface area contributed by atoms with Gasteiger partial charge in [0, 0.05) is 7.05 Å². The van der Waals surface area contributed by atoms with E-state index in [1.54, 1.807) is 6.07 Å². The van der Waals surface area contributed by atoms with Crippen molar-refractivity contribution in [1.29, 1.82) is 0 Å². The molecule has 5 nitrogen and oxygen atoms in total. The summed E-state index contributed by atoms with van der Waals surface area (Å²) < 4.78 is 5.21. The number of anilines is 1. The molecule has 0 aliphatic heterocycles. The zero-order valence-corrected chi connectivity index (χ0v) is 10.4. The molecule has 0 unspecified atom stereocenters. The number of amides is 2. The van der Waals surface area contributed by atoms with Gasteiger partial charge in [0.1, 0.15) is 5.75 Å². The number of carbonyl (C=O) groups excluding carboxylic acids is 2. The van der Waals surface area contributed by atoms with E-state index in [0.717, 1.165) is 11.1 Å². The first-order chi connectivity index (χ1) is 7.88. The predicted molar refractivity (Wildman–Crippen MR) is 65.1 cm³/mol. The highest BCUT2D eigenvalue weighted by Gasteiger charge is 2.21. The molecule has 0 atom stereocenters. The van der Waals surface area contributed by atoms with Crippen LogP contribution in [0.4, 0.5) is 5.69 Å². The van der Waals surface area contributed by atoms with Crippen molar-refractivity contribution in [2.24, 2.45) is 5.73 Å². The van der Waals surface area contributed by atoms with Gasteiger partial charge in [0.25, 0.3) is 0 Å². The number of carbonyl (C=O) groups is 2. The van der Waals surface area contributed by atoms with Gasteiger partial charge in [0.05, 0.1) is 12.8 Å². The summed E-state index contributed by atoms with van der Waals surface area (Å²) in [6.45, 7) is 3.77. The van der Waals surface area contributed by atoms with Gasteiger partial charge in [-0.1, -0.05) is 6.07 Å². The number of hydrogen-bond acceptors (Lipinski definition) is 3. The Kier molecular flexibility index (Phi) is 3.73. The maximum absolute atomic E-state index is 11.5. The van der Waals surface area contributed by atoms with Crippen LogP contribution in [0.3, 0.4) is 0 Å². The number of ether oxygens (including phenoxy) is 1. The standard InChI is InChI=1S/C12H16N2O3/c1-7-5-8(2)10(9(6-7)17-4)14(3)12(16)11(13)15/h5-6H,1-4H3,(H2,13,15). The Morgan fingerprint density at radius 3 is 2.35 bits per heavy atom. The summed E-state index contributed by atoms with van der Waals surface area (Å²) in [5.74, 6) is -1.22. The zero-order valence-electron chi connectivity index (χ0n) is 10.4. The molecule has 2 N–H and O–H groups in total. The minimum atomic E-state index is -0.991. The molecule has 17 heavy (non-hydrogen) atoms. The third-order valence-corrected chi connectivity index (χ3v) is 2.48. The molecule has 0 fully saturated rings. The normalized spacial score (nSPS) is 9.88. The van der Waals surface area contributed by atoms with Crippen molar-refractivity contribution in [3.8, 4) is 5.75 Å². The lowest BCUT2D eigenvalue weighted by atomic mass is 10.1. The Balaban J connectivity index is 3.30. The molecule has 0 aromatic heterocycles. The van der Waals surface area contributed by atoms with Crippen LogP contribution in [-0.2, 0) is 9.59 Å². The molecule has 2 amide bonds. The molecule has 0 saturated heterocycles. The molecule has 0 aliphatic carbocycles. The summed E-state index contributed by atoms with van der Waals surface area (Å²) in [6.07, 6.45) is 0. The van der Waals surface area contributed by atoms with Crippen LogP contribution in [0.1, 0.15) is 11.1 Å². The largest absolute Gasteiger partial charge is 0.495 e. The number of primary amides is 1. The fraction of sp³-hybridized carbons (Fsp3) is 0.333. The van der Waals surface area contributed by atoms with Crippen LogP contribution >= 0.6 is 0 Å². The van der Waals surface area contributed by atoms with Crippen molar-refractivity contribution >= 4 is 17.5 Å². The molecule has 0 spiro atoms. The smallest absolute Gasteiger partial charge is 0.315 e. The summed E-state index contributed by atoms with van der Waals surface area (Å²) in [6, 6.07) is 3.70. The SMILES string of the molecule is COc1cc(C)cc(C)c1N(C)C(=O)C(N)=O. The molecule has 92 valence electrons. The first-order valence-corrected chi connectivity index (χ1v) is 5.11. The van der Waals surface area contributed by atoms with Gasteiger partial charge in [-0.05, 0) is 31.0 Å². The molecule has 0 heterocycles. The zero-order chi connectivity index (χ0) is 13.2. The summed E-state index contributed by atoms with van der Waals surface area (Å²) >= 11 is 0. The van der Waals surface area contributed by atoms with E-state index < -0.39 is 11.8 Å². The van der Waals surface area contributed by atoms with Gasteiger partial charge in [-0.2, -0.15) is 0 Å². The Labute approximate surface area is 100 Å². The molecule has 5 heteroatoms. The Morgan fingerprint density at radius 2 is 1.88 bits per heavy atom. The third kappa shape index (κ3) is 2.55. The number of nitrogens with zero attached hydrogens (tertiary/aromatic N) is 1. The van der Waals surface area contributed by atoms with Gasteiger partial charge in [0.2, 0.25) is 0 Å². The maximum Gasteiger partial charge on any atom is 0.315 e. The number of benzene rings is 1. The molecule has 0 bridgehead atoms. The van der Waals surface area contributed by atoms with Gasteiger partial charge in [-0.15, -0.1) is 0 Å². The minimum Gasteiger partial charge on any atom is -0.495 e. The van der Waals surface area contributed by atoms with Crippen LogP contribution in [0.25, 0.3) is 0 Å². The van der Waals surface area contributed by atoms with E-state index in [1.807, 2.05) is 19.9 Å². The minimum absolute atomic E-state index is 0.541. The molecule has 0 saturated carbocycles. The average molecular weight is 236 g/mol. The molecule has 0 radical (unpaired) electrons. The molecule has 0 aliphatic rings. The highest BCUT2D eigenvalue weighted by atomic mass is 16.5. The second-order valence-electron chi connectivity index (χ2n) is 3.86. The van der Waals surface area contributed by atoms with E-state index in [1.165, 1.54) is 19.1 Å². The van der Waals surface area contributed by atoms with Crippen molar-refractivity contribution in [2.45, 2.75) is 13.8 Å². The van der Waals surface area contributed by atoms with E-state index in [4.69, 9.17) is 10.5 Å². The van der Waals surface area contributed by atoms with Gasteiger partial charge < -0.3 is 15.4 Å². The van der Waals surface area contributed by atoms with Gasteiger partial charge in [-0.3, -0.25) is 9.59 Å². The Hall–Kier alpha value is -2.04. The Bertz CT molecular complexity index is 469. The van der Waals surface area contributed by atoms with Gasteiger partial charge in [-0.25, -0.2) is 0 Å². The van der Waals surface area contributed by atoms with Crippen LogP contribution < -0.4 is 15.4 Å². The topological polar surface area (TPSA) is 72.6 Å². The van der Waals surface area contributed by atoms with Gasteiger partial charge in [0.15, 0.2) is 0 Å². The summed E-state index contributed by atoms with van der Waals surface area (Å²) in [7, 11) is 3.01. The maximum atomic E-state index is 11.5.